The van der Waals surface area contributed by atoms with Gasteiger partial charge in [0.05, 0.1) is 44.0 Å². The Kier molecular flexibility index (Phi) is 14.9. The van der Waals surface area contributed by atoms with E-state index in [9.17, 15) is 14.4 Å². The fourth-order valence-electron chi connectivity index (χ4n) is 3.03. The Balaban J connectivity index is 5.08. The van der Waals surface area contributed by atoms with Crippen LogP contribution in [0.3, 0.4) is 0 Å². The summed E-state index contributed by atoms with van der Waals surface area (Å²) in [4.78, 5) is 36.7. The lowest BCUT2D eigenvalue weighted by atomic mass is 9.96. The molecule has 0 saturated heterocycles. The molecule has 0 aromatic heterocycles. The van der Waals surface area contributed by atoms with Crippen molar-refractivity contribution in [1.29, 1.82) is 0 Å². The SMILES string of the molecule is CCC(COCCC(=O)C(C)C)(COCCC(=O)C(C)C)NC(=O)CC(C)(C)OCC(C)C. The van der Waals surface area contributed by atoms with E-state index in [1.807, 2.05) is 48.5 Å². The third kappa shape index (κ3) is 14.5. The minimum Gasteiger partial charge on any atom is -0.378 e. The predicted molar refractivity (Wildman–Crippen MR) is 131 cm³/mol. The lowest BCUT2D eigenvalue weighted by Gasteiger charge is -2.35. The van der Waals surface area contributed by atoms with Crippen molar-refractivity contribution in [2.45, 2.75) is 99.1 Å². The number of hydrogen-bond donors (Lipinski definition) is 1. The summed E-state index contributed by atoms with van der Waals surface area (Å²) in [6.45, 7) is 19.0. The summed E-state index contributed by atoms with van der Waals surface area (Å²) in [6.07, 6.45) is 1.47. The van der Waals surface area contributed by atoms with Crippen LogP contribution in [0.25, 0.3) is 0 Å². The first-order valence-electron chi connectivity index (χ1n) is 12.4. The van der Waals surface area contributed by atoms with Crippen LogP contribution in [0.1, 0.15) is 88.0 Å². The van der Waals surface area contributed by atoms with Gasteiger partial charge >= 0.3 is 0 Å². The minimum atomic E-state index is -0.743. The van der Waals surface area contributed by atoms with Gasteiger partial charge in [0.1, 0.15) is 11.6 Å². The van der Waals surface area contributed by atoms with Crippen LogP contribution in [0.15, 0.2) is 0 Å². The highest BCUT2D eigenvalue weighted by Crippen LogP contribution is 2.19. The molecule has 0 aromatic rings. The number of carbonyl (C=O) groups excluding carboxylic acids is 3. The highest BCUT2D eigenvalue weighted by Gasteiger charge is 2.33. The molecule has 1 N–H and O–H groups in total. The first kappa shape index (κ1) is 31.7. The molecule has 1 amide bonds. The first-order valence-corrected chi connectivity index (χ1v) is 12.4. The number of amides is 1. The van der Waals surface area contributed by atoms with Crippen molar-refractivity contribution in [3.8, 4) is 0 Å². The molecule has 0 saturated carbocycles. The fourth-order valence-corrected chi connectivity index (χ4v) is 3.03. The smallest absolute Gasteiger partial charge is 0.223 e. The van der Waals surface area contributed by atoms with Crippen molar-refractivity contribution in [2.75, 3.05) is 33.0 Å². The van der Waals surface area contributed by atoms with Crippen LogP contribution in [0.4, 0.5) is 0 Å². The van der Waals surface area contributed by atoms with Gasteiger partial charge in [-0.1, -0.05) is 48.5 Å². The number of nitrogens with one attached hydrogen (secondary N) is 1. The lowest BCUT2D eigenvalue weighted by molar-refractivity contribution is -0.133. The Hall–Kier alpha value is -1.31. The summed E-state index contributed by atoms with van der Waals surface area (Å²) in [5, 5.41) is 3.11. The van der Waals surface area contributed by atoms with Gasteiger partial charge in [0.25, 0.3) is 0 Å². The maximum Gasteiger partial charge on any atom is 0.223 e. The summed E-state index contributed by atoms with van der Waals surface area (Å²) in [7, 11) is 0. The van der Waals surface area contributed by atoms with Crippen LogP contribution in [0, 0.1) is 17.8 Å². The highest BCUT2D eigenvalue weighted by atomic mass is 16.5. The van der Waals surface area contributed by atoms with Crippen LogP contribution in [-0.4, -0.2) is 61.6 Å². The van der Waals surface area contributed by atoms with Crippen LogP contribution < -0.4 is 5.32 Å². The monoisotopic (exact) mass is 471 g/mol. The van der Waals surface area contributed by atoms with E-state index in [2.05, 4.69) is 19.2 Å². The average molecular weight is 472 g/mol. The molecule has 0 heterocycles. The zero-order chi connectivity index (χ0) is 25.7. The number of Topliss-reactive ketones (excluding diaryl/α,β-unsaturated/α-hetero) is 2. The van der Waals surface area contributed by atoms with Crippen molar-refractivity contribution < 1.29 is 28.6 Å². The quantitative estimate of drug-likeness (QED) is 0.282. The number of carbonyl (C=O) groups is 3. The lowest BCUT2D eigenvalue weighted by Crippen LogP contribution is -2.56. The third-order valence-electron chi connectivity index (χ3n) is 5.51. The van der Waals surface area contributed by atoms with E-state index in [0.29, 0.717) is 45.0 Å². The molecule has 0 aliphatic rings. The molecular weight excluding hydrogens is 422 g/mol. The number of hydrogen-bond acceptors (Lipinski definition) is 6. The Morgan fingerprint density at radius 2 is 1.27 bits per heavy atom. The topological polar surface area (TPSA) is 90.9 Å². The molecule has 7 nitrogen and oxygen atoms in total. The van der Waals surface area contributed by atoms with Gasteiger partial charge in [0.2, 0.25) is 5.91 Å². The second kappa shape index (κ2) is 15.6. The molecule has 0 unspecified atom stereocenters. The number of ether oxygens (including phenoxy) is 3. The van der Waals surface area contributed by atoms with E-state index >= 15 is 0 Å². The maximum atomic E-state index is 12.9. The fraction of sp³-hybridized carbons (Fsp3) is 0.885. The van der Waals surface area contributed by atoms with Gasteiger partial charge in [-0.15, -0.1) is 0 Å². The van der Waals surface area contributed by atoms with Crippen LogP contribution >= 0.6 is 0 Å². The molecule has 194 valence electrons. The highest BCUT2D eigenvalue weighted by molar-refractivity contribution is 5.80. The molecular formula is C26H49NO6. The Morgan fingerprint density at radius 1 is 0.818 bits per heavy atom. The molecule has 0 radical (unpaired) electrons. The minimum absolute atomic E-state index is 0.0286. The van der Waals surface area contributed by atoms with Gasteiger partial charge in [-0.3, -0.25) is 14.4 Å². The molecule has 0 aliphatic heterocycles. The second-order valence-corrected chi connectivity index (χ2v) is 10.7. The molecule has 7 heteroatoms. The van der Waals surface area contributed by atoms with Gasteiger partial charge in [-0.05, 0) is 26.2 Å². The van der Waals surface area contributed by atoms with Crippen molar-refractivity contribution in [3.05, 3.63) is 0 Å². The van der Waals surface area contributed by atoms with E-state index in [-0.39, 0.29) is 48.9 Å². The van der Waals surface area contributed by atoms with Crippen molar-refractivity contribution in [3.63, 3.8) is 0 Å². The zero-order valence-corrected chi connectivity index (χ0v) is 22.5. The van der Waals surface area contributed by atoms with Crippen molar-refractivity contribution in [1.82, 2.24) is 5.32 Å². The number of rotatable bonds is 19. The van der Waals surface area contributed by atoms with E-state index in [0.717, 1.165) is 0 Å². The maximum absolute atomic E-state index is 12.9. The van der Waals surface area contributed by atoms with Gasteiger partial charge in [0, 0.05) is 31.3 Å². The third-order valence-corrected chi connectivity index (χ3v) is 5.51. The van der Waals surface area contributed by atoms with Gasteiger partial charge < -0.3 is 19.5 Å². The standard InChI is InChI=1S/C26H49NO6/c1-10-26(17-31-13-11-22(28)20(4)5,18-32-14-12-23(29)21(6)7)27-24(30)15-25(8,9)33-16-19(2)3/h19-21H,10-18H2,1-9H3,(H,27,30). The van der Waals surface area contributed by atoms with E-state index in [1.165, 1.54) is 0 Å². The summed E-state index contributed by atoms with van der Waals surface area (Å²) in [5.41, 5.74) is -1.34. The largest absolute Gasteiger partial charge is 0.378 e. The molecule has 0 spiro atoms. The van der Waals surface area contributed by atoms with Crippen LogP contribution in [-0.2, 0) is 28.6 Å². The second-order valence-electron chi connectivity index (χ2n) is 10.7. The van der Waals surface area contributed by atoms with E-state index in [4.69, 9.17) is 14.2 Å². The van der Waals surface area contributed by atoms with Crippen LogP contribution in [0.5, 0.6) is 0 Å². The summed E-state index contributed by atoms with van der Waals surface area (Å²) < 4.78 is 17.6. The molecule has 33 heavy (non-hydrogen) atoms. The molecule has 0 fully saturated rings. The number of ketones is 2. The average Bonchev–Trinajstić information content (AvgIpc) is 2.71. The Labute approximate surface area is 201 Å². The van der Waals surface area contributed by atoms with Crippen molar-refractivity contribution in [2.24, 2.45) is 17.8 Å². The molecule has 0 aliphatic carbocycles. The molecule has 0 atom stereocenters. The van der Waals surface area contributed by atoms with Crippen molar-refractivity contribution >= 4 is 17.5 Å². The predicted octanol–water partition coefficient (Wildman–Crippen LogP) is 4.36. The molecule has 0 bridgehead atoms. The first-order chi connectivity index (χ1) is 15.2. The van der Waals surface area contributed by atoms with E-state index in [1.54, 1.807) is 0 Å². The molecule has 0 rings (SSSR count). The summed E-state index contributed by atoms with van der Waals surface area (Å²) in [5.74, 6) is 0.473. The van der Waals surface area contributed by atoms with Gasteiger partial charge in [-0.2, -0.15) is 0 Å². The van der Waals surface area contributed by atoms with Gasteiger partial charge in [0.15, 0.2) is 0 Å². The zero-order valence-electron chi connectivity index (χ0n) is 22.5. The Bertz CT molecular complexity index is 570. The Morgan fingerprint density at radius 3 is 1.64 bits per heavy atom. The van der Waals surface area contributed by atoms with Gasteiger partial charge in [-0.25, -0.2) is 0 Å². The normalized spacial score (nSPS) is 12.6. The van der Waals surface area contributed by atoms with Crippen LogP contribution in [0.2, 0.25) is 0 Å². The van der Waals surface area contributed by atoms with E-state index < -0.39 is 11.1 Å². The summed E-state index contributed by atoms with van der Waals surface area (Å²) >= 11 is 0. The molecule has 0 aromatic carbocycles. The summed E-state index contributed by atoms with van der Waals surface area (Å²) in [6, 6.07) is 0.